The number of amides is 1. The van der Waals surface area contributed by atoms with E-state index in [1.165, 1.54) is 16.6 Å². The van der Waals surface area contributed by atoms with Crippen LogP contribution in [0.5, 0.6) is 0 Å². The minimum atomic E-state index is -0.144. The van der Waals surface area contributed by atoms with Gasteiger partial charge in [0, 0.05) is 22.0 Å². The second-order valence-corrected chi connectivity index (χ2v) is 12.0. The molecule has 2 heterocycles. The summed E-state index contributed by atoms with van der Waals surface area (Å²) in [6.07, 6.45) is 4.10. The van der Waals surface area contributed by atoms with Crippen molar-refractivity contribution in [2.24, 2.45) is 11.3 Å². The van der Waals surface area contributed by atoms with Crippen molar-refractivity contribution in [3.05, 3.63) is 45.3 Å². The molecule has 1 aliphatic rings. The normalized spacial score (nSPS) is 15.5. The number of thiophene rings is 1. The van der Waals surface area contributed by atoms with Crippen LogP contribution >= 0.6 is 34.7 Å². The predicted molar refractivity (Wildman–Crippen MR) is 144 cm³/mol. The summed E-state index contributed by atoms with van der Waals surface area (Å²) in [4.78, 5) is 14.1. The number of nitrogens with zero attached hydrogens (tertiary/aromatic N) is 4. The number of nitrogens with one attached hydrogen (secondary N) is 1. The Morgan fingerprint density at radius 3 is 2.71 bits per heavy atom. The van der Waals surface area contributed by atoms with Crippen LogP contribution in [-0.4, -0.2) is 26.4 Å². The summed E-state index contributed by atoms with van der Waals surface area (Å²) in [6.45, 7) is 9.60. The number of hydrogen-bond acceptors (Lipinski definition) is 6. The van der Waals surface area contributed by atoms with Gasteiger partial charge in [-0.25, -0.2) is 0 Å². The SMILES string of the molecule is CCn1c(SCC(=O)Nc2sc3c(c2C#N)CC[C@@H](C(C)(C)CC)C3)nnc1-c1ccc(Cl)cc1. The zero-order chi connectivity index (χ0) is 25.2. The zero-order valence-electron chi connectivity index (χ0n) is 20.5. The maximum atomic E-state index is 12.8. The molecule has 184 valence electrons. The Balaban J connectivity index is 1.45. The van der Waals surface area contributed by atoms with Gasteiger partial charge in [-0.2, -0.15) is 5.26 Å². The summed E-state index contributed by atoms with van der Waals surface area (Å²) >= 11 is 8.92. The van der Waals surface area contributed by atoms with Gasteiger partial charge < -0.3 is 9.88 Å². The summed E-state index contributed by atoms with van der Waals surface area (Å²) in [6, 6.07) is 9.82. The third-order valence-corrected chi connectivity index (χ3v) is 9.50. The van der Waals surface area contributed by atoms with Crippen LogP contribution in [-0.2, 0) is 24.2 Å². The maximum Gasteiger partial charge on any atom is 0.235 e. The van der Waals surface area contributed by atoms with Crippen molar-refractivity contribution in [1.29, 1.82) is 5.26 Å². The first-order valence-corrected chi connectivity index (χ1v) is 14.1. The molecule has 0 aliphatic heterocycles. The molecule has 9 heteroatoms. The Kier molecular flexibility index (Phi) is 7.89. The highest BCUT2D eigenvalue weighted by Gasteiger charge is 2.34. The first-order valence-electron chi connectivity index (χ1n) is 11.9. The number of anilines is 1. The van der Waals surface area contributed by atoms with Crippen LogP contribution in [0.1, 0.15) is 56.5 Å². The molecule has 0 radical (unpaired) electrons. The molecule has 1 aromatic carbocycles. The zero-order valence-corrected chi connectivity index (χ0v) is 22.9. The van der Waals surface area contributed by atoms with Crippen molar-refractivity contribution in [1.82, 2.24) is 14.8 Å². The molecule has 6 nitrogen and oxygen atoms in total. The van der Waals surface area contributed by atoms with Crippen molar-refractivity contribution in [3.8, 4) is 17.5 Å². The highest BCUT2D eigenvalue weighted by atomic mass is 35.5. The van der Waals surface area contributed by atoms with Crippen molar-refractivity contribution < 1.29 is 4.79 Å². The third kappa shape index (κ3) is 5.42. The van der Waals surface area contributed by atoms with Crippen LogP contribution in [0, 0.1) is 22.7 Å². The minimum Gasteiger partial charge on any atom is -0.316 e. The third-order valence-electron chi connectivity index (χ3n) is 7.11. The average Bonchev–Trinajstić information content (AvgIpc) is 3.42. The fourth-order valence-electron chi connectivity index (χ4n) is 4.53. The number of halogens is 1. The number of rotatable bonds is 8. The lowest BCUT2D eigenvalue weighted by Gasteiger charge is -2.36. The van der Waals surface area contributed by atoms with Gasteiger partial charge in [0.1, 0.15) is 11.1 Å². The van der Waals surface area contributed by atoms with Crippen molar-refractivity contribution in [2.45, 2.75) is 65.1 Å². The van der Waals surface area contributed by atoms with Gasteiger partial charge in [0.15, 0.2) is 11.0 Å². The molecular formula is C26H30ClN5OS2. The molecule has 0 saturated carbocycles. The van der Waals surface area contributed by atoms with Gasteiger partial charge in [-0.15, -0.1) is 21.5 Å². The monoisotopic (exact) mass is 527 g/mol. The number of hydrogen-bond donors (Lipinski definition) is 1. The lowest BCUT2D eigenvalue weighted by Crippen LogP contribution is -2.28. The lowest BCUT2D eigenvalue weighted by atomic mass is 9.69. The first-order chi connectivity index (χ1) is 16.8. The highest BCUT2D eigenvalue weighted by molar-refractivity contribution is 7.99. The Labute approximate surface area is 220 Å². The molecule has 0 fully saturated rings. The van der Waals surface area contributed by atoms with Crippen molar-refractivity contribution in [2.75, 3.05) is 11.1 Å². The van der Waals surface area contributed by atoms with E-state index in [0.29, 0.717) is 33.2 Å². The molecule has 3 aromatic rings. The predicted octanol–water partition coefficient (Wildman–Crippen LogP) is 6.82. The molecule has 2 aromatic heterocycles. The fourth-order valence-corrected chi connectivity index (χ4v) is 6.76. The number of thioether (sulfide) groups is 1. The van der Waals surface area contributed by atoms with E-state index in [9.17, 15) is 10.1 Å². The second-order valence-electron chi connectivity index (χ2n) is 9.50. The van der Waals surface area contributed by atoms with Gasteiger partial charge in [-0.1, -0.05) is 50.6 Å². The molecule has 0 bridgehead atoms. The van der Waals surface area contributed by atoms with Crippen molar-refractivity contribution in [3.63, 3.8) is 0 Å². The standard InChI is InChI=1S/C26H30ClN5OS2/c1-5-26(3,4)17-9-12-19-20(14-28)24(35-21(19)13-17)29-22(33)15-34-25-31-30-23(32(25)6-2)16-7-10-18(27)11-8-16/h7-8,10-11,17H,5-6,9,12-13,15H2,1-4H3,(H,29,33)/t17-/m1/s1. The molecule has 0 saturated heterocycles. The molecule has 1 N–H and O–H groups in total. The van der Waals surface area contributed by atoms with E-state index in [2.05, 4.69) is 42.4 Å². The van der Waals surface area contributed by atoms with Gasteiger partial charge in [-0.3, -0.25) is 4.79 Å². The number of nitriles is 1. The fraction of sp³-hybridized carbons (Fsp3) is 0.462. The number of benzene rings is 1. The van der Waals surface area contributed by atoms with E-state index in [0.717, 1.165) is 42.6 Å². The van der Waals surface area contributed by atoms with Crippen LogP contribution in [0.25, 0.3) is 11.4 Å². The van der Waals surface area contributed by atoms with Crippen molar-refractivity contribution >= 4 is 45.6 Å². The van der Waals surface area contributed by atoms with E-state index in [1.807, 2.05) is 35.8 Å². The van der Waals surface area contributed by atoms with E-state index in [4.69, 9.17) is 11.6 Å². The molecule has 35 heavy (non-hydrogen) atoms. The number of carbonyl (C=O) groups excluding carboxylic acids is 1. The van der Waals surface area contributed by atoms with E-state index in [1.54, 1.807) is 11.3 Å². The summed E-state index contributed by atoms with van der Waals surface area (Å²) in [5.74, 6) is 1.39. The van der Waals surface area contributed by atoms with Crippen LogP contribution in [0.2, 0.25) is 5.02 Å². The molecular weight excluding hydrogens is 498 g/mol. The largest absolute Gasteiger partial charge is 0.316 e. The molecule has 0 spiro atoms. The smallest absolute Gasteiger partial charge is 0.235 e. The summed E-state index contributed by atoms with van der Waals surface area (Å²) in [5, 5.41) is 23.5. The van der Waals surface area contributed by atoms with Gasteiger partial charge >= 0.3 is 0 Å². The molecule has 1 amide bonds. The summed E-state index contributed by atoms with van der Waals surface area (Å²) < 4.78 is 1.99. The summed E-state index contributed by atoms with van der Waals surface area (Å²) in [7, 11) is 0. The number of aromatic nitrogens is 3. The Morgan fingerprint density at radius 2 is 2.06 bits per heavy atom. The van der Waals surface area contributed by atoms with E-state index >= 15 is 0 Å². The Morgan fingerprint density at radius 1 is 1.31 bits per heavy atom. The van der Waals surface area contributed by atoms with E-state index in [-0.39, 0.29) is 17.1 Å². The summed E-state index contributed by atoms with van der Waals surface area (Å²) in [5.41, 5.74) is 2.96. The molecule has 0 unspecified atom stereocenters. The minimum absolute atomic E-state index is 0.144. The van der Waals surface area contributed by atoms with Crippen LogP contribution < -0.4 is 5.32 Å². The van der Waals surface area contributed by atoms with Gasteiger partial charge in [0.05, 0.1) is 11.3 Å². The quantitative estimate of drug-likeness (QED) is 0.325. The van der Waals surface area contributed by atoms with Gasteiger partial charge in [-0.05, 0) is 67.3 Å². The average molecular weight is 528 g/mol. The number of fused-ring (bicyclic) bond motifs is 1. The Hall–Kier alpha value is -2.34. The van der Waals surface area contributed by atoms with Gasteiger partial charge in [0.2, 0.25) is 5.91 Å². The highest BCUT2D eigenvalue weighted by Crippen LogP contribution is 2.45. The maximum absolute atomic E-state index is 12.8. The molecule has 4 rings (SSSR count). The second kappa shape index (κ2) is 10.7. The van der Waals surface area contributed by atoms with E-state index < -0.39 is 0 Å². The van der Waals surface area contributed by atoms with Crippen LogP contribution in [0.3, 0.4) is 0 Å². The van der Waals surface area contributed by atoms with Crippen LogP contribution in [0.4, 0.5) is 5.00 Å². The first kappa shape index (κ1) is 25.7. The number of carbonyl (C=O) groups is 1. The van der Waals surface area contributed by atoms with Gasteiger partial charge in [0.25, 0.3) is 0 Å². The topological polar surface area (TPSA) is 83.6 Å². The lowest BCUT2D eigenvalue weighted by molar-refractivity contribution is -0.113. The molecule has 1 aliphatic carbocycles. The Bertz CT molecular complexity index is 1260. The van der Waals surface area contributed by atoms with Crippen LogP contribution in [0.15, 0.2) is 29.4 Å². The molecule has 1 atom stereocenters.